The van der Waals surface area contributed by atoms with Crippen molar-refractivity contribution in [3.63, 3.8) is 0 Å². The maximum absolute atomic E-state index is 14.1. The number of rotatable bonds is 13. The first-order valence-corrected chi connectivity index (χ1v) is 9.14. The number of hydrogen-bond donors (Lipinski definition) is 0. The molecule has 0 amide bonds. The van der Waals surface area contributed by atoms with Crippen LogP contribution in [0.5, 0.6) is 17.2 Å². The maximum atomic E-state index is 14.1. The van der Waals surface area contributed by atoms with Gasteiger partial charge < -0.3 is 23.7 Å². The zero-order chi connectivity index (χ0) is 22.6. The Morgan fingerprint density at radius 3 is 2.19 bits per heavy atom. The van der Waals surface area contributed by atoms with Crippen LogP contribution in [0.25, 0.3) is 11.1 Å². The van der Waals surface area contributed by atoms with Crippen molar-refractivity contribution in [2.24, 2.45) is 0 Å². The molecule has 0 aliphatic heterocycles. The summed E-state index contributed by atoms with van der Waals surface area (Å²) in [5, 5.41) is 0. The molecule has 0 saturated carbocycles. The van der Waals surface area contributed by atoms with Gasteiger partial charge in [-0.25, -0.2) is 9.18 Å². The van der Waals surface area contributed by atoms with Crippen molar-refractivity contribution < 1.29 is 42.5 Å². The first-order chi connectivity index (χ1) is 15.0. The summed E-state index contributed by atoms with van der Waals surface area (Å²) in [6.07, 6.45) is 0. The van der Waals surface area contributed by atoms with Gasteiger partial charge in [0.25, 0.3) is 12.9 Å². The molecular weight excluding hydrogens is 411 g/mol. The van der Waals surface area contributed by atoms with E-state index in [1.54, 1.807) is 24.3 Å². The lowest BCUT2D eigenvalue weighted by molar-refractivity contribution is -0.139. The monoisotopic (exact) mass is 432 g/mol. The van der Waals surface area contributed by atoms with E-state index in [4.69, 9.17) is 14.2 Å². The zero-order valence-corrected chi connectivity index (χ0v) is 16.8. The van der Waals surface area contributed by atoms with Crippen LogP contribution in [-0.2, 0) is 23.9 Å². The highest BCUT2D eigenvalue weighted by Gasteiger charge is 2.12. The number of benzene rings is 2. The van der Waals surface area contributed by atoms with E-state index in [-0.39, 0.29) is 44.2 Å². The predicted octanol–water partition coefficient (Wildman–Crippen LogP) is 3.08. The molecule has 0 aromatic heterocycles. The van der Waals surface area contributed by atoms with Crippen LogP contribution < -0.4 is 14.2 Å². The SMILES string of the molecule is C=C(C)C(=O)OCCOc1cc(-c2ccc(OC=O)c(F)c2)ccc1OCCOC=O. The lowest BCUT2D eigenvalue weighted by Gasteiger charge is -2.15. The number of hydrogen-bond acceptors (Lipinski definition) is 8. The van der Waals surface area contributed by atoms with E-state index >= 15 is 0 Å². The number of carbonyl (C=O) groups excluding carboxylic acids is 3. The Morgan fingerprint density at radius 1 is 0.903 bits per heavy atom. The first kappa shape index (κ1) is 23.4. The molecule has 0 heterocycles. The third-order valence-corrected chi connectivity index (χ3v) is 3.83. The van der Waals surface area contributed by atoms with E-state index in [0.717, 1.165) is 0 Å². The van der Waals surface area contributed by atoms with Crippen molar-refractivity contribution in [3.8, 4) is 28.4 Å². The van der Waals surface area contributed by atoms with Gasteiger partial charge in [0.15, 0.2) is 23.1 Å². The largest absolute Gasteiger partial charge is 0.486 e. The first-order valence-electron chi connectivity index (χ1n) is 9.14. The molecule has 0 bridgehead atoms. The summed E-state index contributed by atoms with van der Waals surface area (Å²) in [6, 6.07) is 9.03. The minimum atomic E-state index is -0.704. The molecule has 0 aliphatic rings. The van der Waals surface area contributed by atoms with Crippen molar-refractivity contribution in [1.82, 2.24) is 0 Å². The lowest BCUT2D eigenvalue weighted by atomic mass is 10.0. The van der Waals surface area contributed by atoms with Gasteiger partial charge in [0.2, 0.25) is 0 Å². The highest BCUT2D eigenvalue weighted by molar-refractivity contribution is 5.86. The van der Waals surface area contributed by atoms with Gasteiger partial charge in [-0.15, -0.1) is 0 Å². The Balaban J connectivity index is 2.18. The summed E-state index contributed by atoms with van der Waals surface area (Å²) in [7, 11) is 0. The van der Waals surface area contributed by atoms with Crippen LogP contribution in [0, 0.1) is 5.82 Å². The Hall–Kier alpha value is -3.88. The van der Waals surface area contributed by atoms with Gasteiger partial charge >= 0.3 is 5.97 Å². The van der Waals surface area contributed by atoms with Crippen molar-refractivity contribution in [2.75, 3.05) is 26.4 Å². The number of esters is 1. The second kappa shape index (κ2) is 12.0. The topological polar surface area (TPSA) is 97.4 Å². The van der Waals surface area contributed by atoms with Crippen LogP contribution in [0.1, 0.15) is 6.92 Å². The Labute approximate surface area is 178 Å². The van der Waals surface area contributed by atoms with Gasteiger partial charge in [0.05, 0.1) is 0 Å². The van der Waals surface area contributed by atoms with Crippen LogP contribution in [0.4, 0.5) is 4.39 Å². The average molecular weight is 432 g/mol. The fourth-order valence-electron chi connectivity index (χ4n) is 2.40. The fraction of sp³-hybridized carbons (Fsp3) is 0.227. The molecule has 0 saturated heterocycles. The van der Waals surface area contributed by atoms with Gasteiger partial charge in [-0.1, -0.05) is 18.7 Å². The molecule has 0 fully saturated rings. The molecule has 0 N–H and O–H groups in total. The van der Waals surface area contributed by atoms with E-state index in [1.807, 2.05) is 0 Å². The predicted molar refractivity (Wildman–Crippen MR) is 107 cm³/mol. The lowest BCUT2D eigenvalue weighted by Crippen LogP contribution is -2.13. The van der Waals surface area contributed by atoms with Gasteiger partial charge in [-0.3, -0.25) is 9.59 Å². The molecule has 31 heavy (non-hydrogen) atoms. The maximum Gasteiger partial charge on any atom is 0.333 e. The Kier molecular flexibility index (Phi) is 9.03. The molecule has 2 rings (SSSR count). The molecule has 0 aliphatic carbocycles. The smallest absolute Gasteiger partial charge is 0.333 e. The van der Waals surface area contributed by atoms with E-state index in [2.05, 4.69) is 16.1 Å². The standard InChI is InChI=1S/C22H21FO8/c1-15(2)22(26)30-10-9-29-21-12-17(4-6-20(21)28-8-7-27-13-24)16-3-5-19(31-14-25)18(23)11-16/h3-6,11-14H,1,7-10H2,2H3. The minimum absolute atomic E-state index is 0.0179. The quantitative estimate of drug-likeness (QED) is 0.206. The number of ether oxygens (including phenoxy) is 5. The van der Waals surface area contributed by atoms with Crippen LogP contribution in [0.3, 0.4) is 0 Å². The van der Waals surface area contributed by atoms with Crippen molar-refractivity contribution in [3.05, 3.63) is 54.4 Å². The van der Waals surface area contributed by atoms with Crippen molar-refractivity contribution >= 4 is 18.9 Å². The summed E-state index contributed by atoms with van der Waals surface area (Å²) in [4.78, 5) is 32.1. The zero-order valence-electron chi connectivity index (χ0n) is 16.8. The third-order valence-electron chi connectivity index (χ3n) is 3.83. The molecule has 0 spiro atoms. The second-order valence-corrected chi connectivity index (χ2v) is 6.10. The molecule has 2 aromatic rings. The summed E-state index contributed by atoms with van der Waals surface area (Å²) < 4.78 is 39.5. The van der Waals surface area contributed by atoms with Gasteiger partial charge in [0, 0.05) is 5.57 Å². The second-order valence-electron chi connectivity index (χ2n) is 6.10. The molecule has 2 aromatic carbocycles. The molecule has 8 nitrogen and oxygen atoms in total. The van der Waals surface area contributed by atoms with Crippen LogP contribution in [0.2, 0.25) is 0 Å². The van der Waals surface area contributed by atoms with Gasteiger partial charge in [-0.2, -0.15) is 0 Å². The molecule has 0 unspecified atom stereocenters. The molecule has 0 atom stereocenters. The highest BCUT2D eigenvalue weighted by Crippen LogP contribution is 2.34. The van der Waals surface area contributed by atoms with Gasteiger partial charge in [-0.05, 0) is 42.3 Å². The fourth-order valence-corrected chi connectivity index (χ4v) is 2.40. The normalized spacial score (nSPS) is 10.0. The van der Waals surface area contributed by atoms with E-state index in [9.17, 15) is 18.8 Å². The van der Waals surface area contributed by atoms with Gasteiger partial charge in [0.1, 0.15) is 26.4 Å². The van der Waals surface area contributed by atoms with Crippen LogP contribution in [-0.4, -0.2) is 45.3 Å². The summed E-state index contributed by atoms with van der Waals surface area (Å²) in [6.45, 7) is 5.63. The van der Waals surface area contributed by atoms with Crippen LogP contribution in [0.15, 0.2) is 48.6 Å². The van der Waals surface area contributed by atoms with E-state index in [1.165, 1.54) is 19.1 Å². The van der Waals surface area contributed by atoms with Crippen molar-refractivity contribution in [1.29, 1.82) is 0 Å². The summed E-state index contributed by atoms with van der Waals surface area (Å²) >= 11 is 0. The molecular formula is C22H21FO8. The van der Waals surface area contributed by atoms with Crippen LogP contribution >= 0.6 is 0 Å². The number of carbonyl (C=O) groups is 3. The van der Waals surface area contributed by atoms with E-state index < -0.39 is 11.8 Å². The third kappa shape index (κ3) is 7.14. The van der Waals surface area contributed by atoms with E-state index in [0.29, 0.717) is 29.1 Å². The average Bonchev–Trinajstić information content (AvgIpc) is 2.76. The molecule has 0 radical (unpaired) electrons. The summed E-state index contributed by atoms with van der Waals surface area (Å²) in [5.41, 5.74) is 1.37. The summed E-state index contributed by atoms with van der Waals surface area (Å²) in [5.74, 6) is -0.766. The molecule has 9 heteroatoms. The number of halogens is 1. The Bertz CT molecular complexity index is 941. The Morgan fingerprint density at radius 2 is 1.55 bits per heavy atom. The highest BCUT2D eigenvalue weighted by atomic mass is 19.1. The van der Waals surface area contributed by atoms with Crippen molar-refractivity contribution in [2.45, 2.75) is 6.92 Å². The minimum Gasteiger partial charge on any atom is -0.486 e. The molecule has 164 valence electrons.